The van der Waals surface area contributed by atoms with Gasteiger partial charge in [0.25, 0.3) is 0 Å². The molecule has 2 heterocycles. The molecule has 0 N–H and O–H groups in total. The Hall–Kier alpha value is -2.21. The summed E-state index contributed by atoms with van der Waals surface area (Å²) in [6, 6.07) is 10.3. The molecule has 3 nitrogen and oxygen atoms in total. The molecule has 1 aromatic rings. The van der Waals surface area contributed by atoms with Crippen LogP contribution >= 0.6 is 0 Å². The van der Waals surface area contributed by atoms with Crippen molar-refractivity contribution in [2.75, 3.05) is 0 Å². The van der Waals surface area contributed by atoms with Crippen molar-refractivity contribution >= 4 is 6.09 Å². The van der Waals surface area contributed by atoms with E-state index < -0.39 is 0 Å². The molecule has 3 rings (SSSR count). The van der Waals surface area contributed by atoms with Gasteiger partial charge in [0.2, 0.25) is 0 Å². The molecule has 0 aromatic heterocycles. The molecular formula is C19H21NO2. The van der Waals surface area contributed by atoms with Gasteiger partial charge in [-0.25, -0.2) is 4.79 Å². The van der Waals surface area contributed by atoms with Gasteiger partial charge < -0.3 is 4.74 Å². The van der Waals surface area contributed by atoms with E-state index in [1.165, 1.54) is 5.57 Å². The molecule has 2 aliphatic rings. The molecule has 0 radical (unpaired) electrons. The lowest BCUT2D eigenvalue weighted by atomic mass is 9.98. The minimum Gasteiger partial charge on any atom is -0.445 e. The molecule has 1 saturated heterocycles. The standard InChI is InChI=1S/C19H21NO2/c1-2-3-7-16-12-17-10-11-18(13-16)20(17)19(21)22-14-15-8-5-4-6-9-15/h1,4-6,8-9,12,17-18H,3,7,10-11,13-14H2. The number of nitrogens with zero attached hydrogens (tertiary/aromatic N) is 1. The van der Waals surface area contributed by atoms with E-state index in [-0.39, 0.29) is 18.2 Å². The van der Waals surface area contributed by atoms with Crippen molar-refractivity contribution in [2.45, 2.75) is 50.8 Å². The van der Waals surface area contributed by atoms with Crippen LogP contribution in [-0.2, 0) is 11.3 Å². The summed E-state index contributed by atoms with van der Waals surface area (Å²) in [4.78, 5) is 14.3. The second-order valence-electron chi connectivity index (χ2n) is 5.98. The van der Waals surface area contributed by atoms with Crippen molar-refractivity contribution in [1.82, 2.24) is 4.90 Å². The quantitative estimate of drug-likeness (QED) is 0.623. The van der Waals surface area contributed by atoms with Crippen molar-refractivity contribution in [3.8, 4) is 12.3 Å². The van der Waals surface area contributed by atoms with Gasteiger partial charge in [-0.15, -0.1) is 12.3 Å². The number of rotatable bonds is 4. The average Bonchev–Trinajstić information content (AvgIpc) is 2.82. The van der Waals surface area contributed by atoms with E-state index in [1.807, 2.05) is 35.2 Å². The lowest BCUT2D eigenvalue weighted by Gasteiger charge is -2.33. The van der Waals surface area contributed by atoms with Crippen LogP contribution in [0.2, 0.25) is 0 Å². The largest absolute Gasteiger partial charge is 0.445 e. The van der Waals surface area contributed by atoms with E-state index in [0.29, 0.717) is 6.61 Å². The van der Waals surface area contributed by atoms with E-state index >= 15 is 0 Å². The van der Waals surface area contributed by atoms with Gasteiger partial charge >= 0.3 is 6.09 Å². The SMILES string of the molecule is C#CCCC1=CC2CCC(C1)N2C(=O)OCc1ccccc1. The molecule has 2 unspecified atom stereocenters. The fourth-order valence-corrected chi connectivity index (χ4v) is 3.42. The Morgan fingerprint density at radius 3 is 2.86 bits per heavy atom. The lowest BCUT2D eigenvalue weighted by Crippen LogP contribution is -2.43. The zero-order chi connectivity index (χ0) is 15.4. The average molecular weight is 295 g/mol. The van der Waals surface area contributed by atoms with Crippen LogP contribution in [0.3, 0.4) is 0 Å². The molecule has 1 fully saturated rings. The molecule has 2 bridgehead atoms. The zero-order valence-electron chi connectivity index (χ0n) is 12.7. The van der Waals surface area contributed by atoms with Crippen LogP contribution in [-0.4, -0.2) is 23.1 Å². The van der Waals surface area contributed by atoms with Gasteiger partial charge in [-0.05, 0) is 31.2 Å². The first-order valence-electron chi connectivity index (χ1n) is 7.90. The van der Waals surface area contributed by atoms with Crippen LogP contribution in [0.15, 0.2) is 42.0 Å². The highest BCUT2D eigenvalue weighted by molar-refractivity contribution is 5.70. The smallest absolute Gasteiger partial charge is 0.410 e. The van der Waals surface area contributed by atoms with Gasteiger partial charge in [0.15, 0.2) is 0 Å². The minimum absolute atomic E-state index is 0.190. The van der Waals surface area contributed by atoms with E-state index in [4.69, 9.17) is 11.2 Å². The van der Waals surface area contributed by atoms with Gasteiger partial charge in [0.05, 0.1) is 6.04 Å². The third kappa shape index (κ3) is 3.17. The van der Waals surface area contributed by atoms with Gasteiger partial charge in [-0.1, -0.05) is 42.0 Å². The van der Waals surface area contributed by atoms with Crippen LogP contribution in [0.1, 0.15) is 37.7 Å². The van der Waals surface area contributed by atoms with Crippen LogP contribution in [0.5, 0.6) is 0 Å². The normalized spacial score (nSPS) is 22.9. The van der Waals surface area contributed by atoms with E-state index in [9.17, 15) is 4.79 Å². The fraction of sp³-hybridized carbons (Fsp3) is 0.421. The first-order chi connectivity index (χ1) is 10.8. The fourth-order valence-electron chi connectivity index (χ4n) is 3.42. The number of terminal acetylenes is 1. The minimum atomic E-state index is -0.191. The molecule has 1 aromatic carbocycles. The number of benzene rings is 1. The van der Waals surface area contributed by atoms with E-state index in [2.05, 4.69) is 12.0 Å². The van der Waals surface area contributed by atoms with Crippen LogP contribution in [0.25, 0.3) is 0 Å². The number of carbonyl (C=O) groups is 1. The predicted molar refractivity (Wildman–Crippen MR) is 86.0 cm³/mol. The zero-order valence-corrected chi connectivity index (χ0v) is 12.7. The molecule has 2 atom stereocenters. The molecule has 114 valence electrons. The van der Waals surface area contributed by atoms with E-state index in [0.717, 1.165) is 37.7 Å². The summed E-state index contributed by atoms with van der Waals surface area (Å²) in [6.07, 6.45) is 12.1. The summed E-state index contributed by atoms with van der Waals surface area (Å²) in [7, 11) is 0. The van der Waals surface area contributed by atoms with Crippen molar-refractivity contribution in [2.24, 2.45) is 0 Å². The molecule has 1 amide bonds. The Balaban J connectivity index is 1.60. The third-order valence-electron chi connectivity index (χ3n) is 4.48. The number of ether oxygens (including phenoxy) is 1. The first-order valence-corrected chi connectivity index (χ1v) is 7.90. The van der Waals surface area contributed by atoms with Gasteiger partial charge in [-0.3, -0.25) is 4.90 Å². The number of fused-ring (bicyclic) bond motifs is 2. The Bertz CT molecular complexity index is 600. The van der Waals surface area contributed by atoms with Crippen LogP contribution in [0, 0.1) is 12.3 Å². The highest BCUT2D eigenvalue weighted by Crippen LogP contribution is 2.36. The molecule has 0 aliphatic carbocycles. The van der Waals surface area contributed by atoms with Crippen LogP contribution in [0.4, 0.5) is 4.79 Å². The van der Waals surface area contributed by atoms with Crippen molar-refractivity contribution < 1.29 is 9.53 Å². The lowest BCUT2D eigenvalue weighted by molar-refractivity contribution is 0.0815. The number of carbonyl (C=O) groups excluding carboxylic acids is 1. The van der Waals surface area contributed by atoms with Gasteiger partial charge in [-0.2, -0.15) is 0 Å². The van der Waals surface area contributed by atoms with Gasteiger partial charge in [0, 0.05) is 12.5 Å². The molecule has 0 spiro atoms. The van der Waals surface area contributed by atoms with E-state index in [1.54, 1.807) is 0 Å². The van der Waals surface area contributed by atoms with Gasteiger partial charge in [0.1, 0.15) is 6.61 Å². The Kier molecular flexibility index (Phi) is 4.48. The highest BCUT2D eigenvalue weighted by Gasteiger charge is 2.40. The molecule has 22 heavy (non-hydrogen) atoms. The molecule has 2 aliphatic heterocycles. The molecular weight excluding hydrogens is 274 g/mol. The monoisotopic (exact) mass is 295 g/mol. The number of amides is 1. The summed E-state index contributed by atoms with van der Waals surface area (Å²) in [5.74, 6) is 2.69. The Labute approximate surface area is 132 Å². The molecule has 0 saturated carbocycles. The summed E-state index contributed by atoms with van der Waals surface area (Å²) in [6.45, 7) is 0.337. The van der Waals surface area contributed by atoms with Crippen LogP contribution < -0.4 is 0 Å². The Morgan fingerprint density at radius 2 is 2.14 bits per heavy atom. The maximum absolute atomic E-state index is 12.4. The van der Waals surface area contributed by atoms with Crippen molar-refractivity contribution in [3.05, 3.63) is 47.5 Å². The van der Waals surface area contributed by atoms with Crippen molar-refractivity contribution in [3.63, 3.8) is 0 Å². The summed E-state index contributed by atoms with van der Waals surface area (Å²) in [5, 5.41) is 0. The number of hydrogen-bond donors (Lipinski definition) is 0. The maximum Gasteiger partial charge on any atom is 0.410 e. The predicted octanol–water partition coefficient (Wildman–Crippen LogP) is 3.90. The number of hydrogen-bond acceptors (Lipinski definition) is 2. The summed E-state index contributed by atoms with van der Waals surface area (Å²) in [5.41, 5.74) is 2.42. The second-order valence-corrected chi connectivity index (χ2v) is 5.98. The Morgan fingerprint density at radius 1 is 1.32 bits per heavy atom. The first kappa shape index (κ1) is 14.7. The van der Waals surface area contributed by atoms with Crippen molar-refractivity contribution in [1.29, 1.82) is 0 Å². The second kappa shape index (κ2) is 6.70. The molecule has 3 heteroatoms. The summed E-state index contributed by atoms with van der Waals surface area (Å²) >= 11 is 0. The third-order valence-corrected chi connectivity index (χ3v) is 4.48. The summed E-state index contributed by atoms with van der Waals surface area (Å²) < 4.78 is 5.49. The maximum atomic E-state index is 12.4. The highest BCUT2D eigenvalue weighted by atomic mass is 16.6. The topological polar surface area (TPSA) is 29.5 Å².